The van der Waals surface area contributed by atoms with E-state index >= 15 is 0 Å². The number of carbonyl (C=O) groups is 1. The first-order valence-electron chi connectivity index (χ1n) is 4.81. The summed E-state index contributed by atoms with van der Waals surface area (Å²) < 4.78 is 0. The third-order valence-electron chi connectivity index (χ3n) is 2.36. The van der Waals surface area contributed by atoms with E-state index in [1.807, 2.05) is 24.3 Å². The maximum atomic E-state index is 11.6. The van der Waals surface area contributed by atoms with Crippen LogP contribution < -0.4 is 0 Å². The van der Waals surface area contributed by atoms with Crippen LogP contribution in [0.3, 0.4) is 0 Å². The van der Waals surface area contributed by atoms with Crippen LogP contribution in [-0.2, 0) is 0 Å². The molecule has 0 unspecified atom stereocenters. The first-order chi connectivity index (χ1) is 7.68. The Morgan fingerprint density at radius 2 is 1.81 bits per heavy atom. The fourth-order valence-corrected chi connectivity index (χ4v) is 1.67. The molecule has 0 saturated carbocycles. The van der Waals surface area contributed by atoms with Crippen molar-refractivity contribution < 1.29 is 9.72 Å². The number of carbonyl (C=O) groups excluding carboxylic acids is 1. The summed E-state index contributed by atoms with van der Waals surface area (Å²) in [6.07, 6.45) is 0. The van der Waals surface area contributed by atoms with Gasteiger partial charge < -0.3 is 0 Å². The van der Waals surface area contributed by atoms with E-state index in [1.165, 1.54) is 0 Å². The quantitative estimate of drug-likeness (QED) is 0.448. The number of benzene rings is 2. The second kappa shape index (κ2) is 4.10. The van der Waals surface area contributed by atoms with E-state index in [-0.39, 0.29) is 0 Å². The molecule has 0 radical (unpaired) electrons. The molecule has 0 aliphatic carbocycles. The Kier molecular flexibility index (Phi) is 2.64. The van der Waals surface area contributed by atoms with Crippen LogP contribution in [-0.4, -0.2) is 17.3 Å². The van der Waals surface area contributed by atoms with Gasteiger partial charge in [0.25, 0.3) is 6.54 Å². The maximum Gasteiger partial charge on any atom is 0.265 e. The Labute approximate surface area is 91.7 Å². The predicted octanol–water partition coefficient (Wildman–Crippen LogP) is 2.30. The van der Waals surface area contributed by atoms with Gasteiger partial charge in [-0.15, -0.1) is 0 Å². The highest BCUT2D eigenvalue weighted by Crippen LogP contribution is 2.18. The van der Waals surface area contributed by atoms with Crippen molar-refractivity contribution >= 4 is 16.6 Å². The van der Waals surface area contributed by atoms with Crippen molar-refractivity contribution in [3.63, 3.8) is 0 Å². The van der Waals surface area contributed by atoms with Gasteiger partial charge in [-0.25, -0.2) is 0 Å². The lowest BCUT2D eigenvalue weighted by atomic mass is 10.0. The molecule has 16 heavy (non-hydrogen) atoms. The van der Waals surface area contributed by atoms with Crippen LogP contribution in [0.1, 0.15) is 10.4 Å². The topological polar surface area (TPSA) is 60.2 Å². The summed E-state index contributed by atoms with van der Waals surface area (Å²) in [4.78, 5) is 21.3. The summed E-state index contributed by atoms with van der Waals surface area (Å²) in [6, 6.07) is 12.6. The summed E-state index contributed by atoms with van der Waals surface area (Å²) in [5, 5.41) is 12.0. The van der Waals surface area contributed by atoms with E-state index in [9.17, 15) is 14.9 Å². The van der Waals surface area contributed by atoms with Crippen molar-refractivity contribution in [1.29, 1.82) is 0 Å². The number of fused-ring (bicyclic) bond motifs is 1. The number of Topliss-reactive ketones (excluding diaryl/α,β-unsaturated/α-hetero) is 1. The van der Waals surface area contributed by atoms with E-state index in [4.69, 9.17) is 0 Å². The van der Waals surface area contributed by atoms with Crippen molar-refractivity contribution in [3.05, 3.63) is 58.1 Å². The lowest BCUT2D eigenvalue weighted by molar-refractivity contribution is -0.465. The molecule has 0 aliphatic rings. The smallest absolute Gasteiger partial charge is 0.265 e. The molecule has 4 nitrogen and oxygen atoms in total. The van der Waals surface area contributed by atoms with Crippen LogP contribution in [0.5, 0.6) is 0 Å². The zero-order valence-corrected chi connectivity index (χ0v) is 8.42. The second-order valence-electron chi connectivity index (χ2n) is 3.44. The largest absolute Gasteiger partial charge is 0.287 e. The molecule has 0 heterocycles. The SMILES string of the molecule is O=C(C[N+](=O)[O-])c1cccc2ccccc12. The van der Waals surface area contributed by atoms with Gasteiger partial charge in [-0.1, -0.05) is 42.5 Å². The van der Waals surface area contributed by atoms with Gasteiger partial charge in [-0.05, 0) is 10.8 Å². The van der Waals surface area contributed by atoms with Crippen LogP contribution in [0.2, 0.25) is 0 Å². The Morgan fingerprint density at radius 3 is 2.56 bits per heavy atom. The zero-order valence-electron chi connectivity index (χ0n) is 8.42. The van der Waals surface area contributed by atoms with Gasteiger partial charge in [-0.3, -0.25) is 14.9 Å². The molecule has 0 aromatic heterocycles. The number of nitro groups is 1. The van der Waals surface area contributed by atoms with Gasteiger partial charge in [0.05, 0.1) is 0 Å². The number of nitrogens with zero attached hydrogens (tertiary/aromatic N) is 1. The number of hydrogen-bond donors (Lipinski definition) is 0. The summed E-state index contributed by atoms with van der Waals surface area (Å²) in [5.41, 5.74) is 0.412. The fraction of sp³-hybridized carbons (Fsp3) is 0.0833. The van der Waals surface area contributed by atoms with Gasteiger partial charge >= 0.3 is 0 Å². The molecule has 2 aromatic rings. The van der Waals surface area contributed by atoms with E-state index < -0.39 is 17.3 Å². The van der Waals surface area contributed by atoms with Gasteiger partial charge in [-0.2, -0.15) is 0 Å². The molecule has 2 rings (SSSR count). The summed E-state index contributed by atoms with van der Waals surface area (Å²) >= 11 is 0. The molecule has 0 aliphatic heterocycles. The molecule has 0 saturated heterocycles. The highest BCUT2D eigenvalue weighted by Gasteiger charge is 2.14. The van der Waals surface area contributed by atoms with Crippen LogP contribution in [0.15, 0.2) is 42.5 Å². The van der Waals surface area contributed by atoms with E-state index in [1.54, 1.807) is 18.2 Å². The monoisotopic (exact) mass is 215 g/mol. The average molecular weight is 215 g/mol. The van der Waals surface area contributed by atoms with Crippen LogP contribution in [0.4, 0.5) is 0 Å². The van der Waals surface area contributed by atoms with Crippen molar-refractivity contribution in [1.82, 2.24) is 0 Å². The number of hydrogen-bond acceptors (Lipinski definition) is 3. The molecule has 0 fully saturated rings. The zero-order chi connectivity index (χ0) is 11.5. The molecule has 0 spiro atoms. The third kappa shape index (κ3) is 1.91. The molecule has 0 bridgehead atoms. The number of rotatable bonds is 3. The highest BCUT2D eigenvalue weighted by atomic mass is 16.6. The molecule has 0 N–H and O–H groups in total. The maximum absolute atomic E-state index is 11.6. The first-order valence-corrected chi connectivity index (χ1v) is 4.81. The van der Waals surface area contributed by atoms with Crippen LogP contribution >= 0.6 is 0 Å². The molecule has 80 valence electrons. The second-order valence-corrected chi connectivity index (χ2v) is 3.44. The average Bonchev–Trinajstić information content (AvgIpc) is 2.27. The standard InChI is InChI=1S/C12H9NO3/c14-12(8-13(15)16)11-7-3-5-9-4-1-2-6-10(9)11/h1-7H,8H2. The summed E-state index contributed by atoms with van der Waals surface area (Å²) in [7, 11) is 0. The highest BCUT2D eigenvalue weighted by molar-refractivity contribution is 6.08. The summed E-state index contributed by atoms with van der Waals surface area (Å²) in [6.45, 7) is -0.659. The normalized spacial score (nSPS) is 10.2. The Balaban J connectivity index is 2.52. The van der Waals surface area contributed by atoms with Crippen molar-refractivity contribution in [3.8, 4) is 0 Å². The molecule has 0 amide bonds. The molecular formula is C12H9NO3. The van der Waals surface area contributed by atoms with E-state index in [0.29, 0.717) is 5.56 Å². The minimum absolute atomic E-state index is 0.412. The Hall–Kier alpha value is -2.23. The summed E-state index contributed by atoms with van der Waals surface area (Å²) in [5.74, 6) is -0.457. The molecule has 0 atom stereocenters. The lowest BCUT2D eigenvalue weighted by Gasteiger charge is -2.02. The van der Waals surface area contributed by atoms with Gasteiger partial charge in [0.15, 0.2) is 0 Å². The van der Waals surface area contributed by atoms with Gasteiger partial charge in [0, 0.05) is 10.5 Å². The van der Waals surface area contributed by atoms with E-state index in [2.05, 4.69) is 0 Å². The van der Waals surface area contributed by atoms with Gasteiger partial charge in [0.1, 0.15) is 0 Å². The van der Waals surface area contributed by atoms with Crippen molar-refractivity contribution in [2.75, 3.05) is 6.54 Å². The third-order valence-corrected chi connectivity index (χ3v) is 2.36. The predicted molar refractivity (Wildman–Crippen MR) is 60.1 cm³/mol. The minimum atomic E-state index is -0.659. The van der Waals surface area contributed by atoms with Crippen molar-refractivity contribution in [2.45, 2.75) is 0 Å². The minimum Gasteiger partial charge on any atom is -0.287 e. The number of ketones is 1. The molecular weight excluding hydrogens is 206 g/mol. The van der Waals surface area contributed by atoms with Gasteiger partial charge in [0.2, 0.25) is 5.78 Å². The van der Waals surface area contributed by atoms with Crippen LogP contribution in [0, 0.1) is 10.1 Å². The first kappa shape index (κ1) is 10.3. The van der Waals surface area contributed by atoms with Crippen molar-refractivity contribution in [2.24, 2.45) is 0 Å². The Bertz CT molecular complexity index is 558. The Morgan fingerprint density at radius 1 is 1.12 bits per heavy atom. The molecule has 2 aromatic carbocycles. The van der Waals surface area contributed by atoms with E-state index in [0.717, 1.165) is 10.8 Å². The fourth-order valence-electron chi connectivity index (χ4n) is 1.67. The lowest BCUT2D eigenvalue weighted by Crippen LogP contribution is -2.13. The van der Waals surface area contributed by atoms with Crippen LogP contribution in [0.25, 0.3) is 10.8 Å². The molecule has 4 heteroatoms.